The summed E-state index contributed by atoms with van der Waals surface area (Å²) in [5.41, 5.74) is -1.16. The van der Waals surface area contributed by atoms with E-state index in [0.717, 1.165) is 49.3 Å². The zero-order valence-electron chi connectivity index (χ0n) is 25.3. The largest absolute Gasteiger partial charge is 0.465 e. The Morgan fingerprint density at radius 3 is 2.36 bits per heavy atom. The van der Waals surface area contributed by atoms with Gasteiger partial charge in [0.25, 0.3) is 11.5 Å². The van der Waals surface area contributed by atoms with Crippen molar-refractivity contribution in [2.24, 2.45) is 5.92 Å². The molecule has 0 radical (unpaired) electrons. The molecule has 1 aliphatic carbocycles. The highest BCUT2D eigenvalue weighted by molar-refractivity contribution is 5.95. The Kier molecular flexibility index (Phi) is 7.81. The van der Waals surface area contributed by atoms with Gasteiger partial charge < -0.3 is 20.2 Å². The van der Waals surface area contributed by atoms with E-state index >= 15 is 0 Å². The lowest BCUT2D eigenvalue weighted by Crippen LogP contribution is -2.57. The van der Waals surface area contributed by atoms with Crippen LogP contribution in [0.15, 0.2) is 46.1 Å². The number of piperidine rings is 3. The predicted octanol–water partition coefficient (Wildman–Crippen LogP) is 3.77. The molecule has 3 aromatic rings. The summed E-state index contributed by atoms with van der Waals surface area (Å²) in [5.74, 6) is -0.499. The molecule has 2 N–H and O–H groups in total. The van der Waals surface area contributed by atoms with Gasteiger partial charge in [0.1, 0.15) is 5.82 Å². The van der Waals surface area contributed by atoms with Crippen LogP contribution >= 0.6 is 0 Å². The lowest BCUT2D eigenvalue weighted by Gasteiger charge is -2.44. The molecule has 0 unspecified atom stereocenters. The van der Waals surface area contributed by atoms with Crippen LogP contribution in [0.5, 0.6) is 0 Å². The minimum absolute atomic E-state index is 0.00562. The molecule has 5 heterocycles. The van der Waals surface area contributed by atoms with Crippen LogP contribution in [0.25, 0.3) is 16.7 Å². The average Bonchev–Trinajstić information content (AvgIpc) is 2.98. The monoisotopic (exact) mass is 606 g/mol. The molecule has 4 aliphatic rings. The Labute approximate surface area is 254 Å². The first-order valence-corrected chi connectivity index (χ1v) is 15.4. The zero-order valence-corrected chi connectivity index (χ0v) is 25.3. The number of rotatable bonds is 5. The van der Waals surface area contributed by atoms with Crippen LogP contribution in [0.4, 0.5) is 9.18 Å². The van der Waals surface area contributed by atoms with Crippen molar-refractivity contribution >= 4 is 23.0 Å². The van der Waals surface area contributed by atoms with Gasteiger partial charge in [0.05, 0.1) is 17.3 Å². The number of halogens is 1. The molecule has 234 valence electrons. The van der Waals surface area contributed by atoms with Crippen LogP contribution in [-0.4, -0.2) is 78.3 Å². The number of fused-ring (bicyclic) bond motifs is 4. The molecule has 2 amide bonds. The summed E-state index contributed by atoms with van der Waals surface area (Å²) in [6.07, 6.45) is 3.80. The van der Waals surface area contributed by atoms with Crippen LogP contribution in [0.1, 0.15) is 75.7 Å². The second-order valence-corrected chi connectivity index (χ2v) is 13.4. The predicted molar refractivity (Wildman–Crippen MR) is 163 cm³/mol. The number of carbonyl (C=O) groups is 2. The normalized spacial score (nSPS) is 25.1. The molecule has 1 atom stereocenters. The van der Waals surface area contributed by atoms with E-state index in [1.165, 1.54) is 9.47 Å². The van der Waals surface area contributed by atoms with E-state index in [0.29, 0.717) is 42.9 Å². The van der Waals surface area contributed by atoms with Crippen LogP contribution in [0.2, 0.25) is 0 Å². The number of aromatic nitrogens is 3. The fourth-order valence-electron chi connectivity index (χ4n) is 7.47. The molecular formula is C32H39FN6O5. The van der Waals surface area contributed by atoms with Gasteiger partial charge in [-0.25, -0.2) is 23.5 Å². The third kappa shape index (κ3) is 5.51. The van der Waals surface area contributed by atoms with Gasteiger partial charge in [0, 0.05) is 35.8 Å². The lowest BCUT2D eigenvalue weighted by atomic mass is 9.84. The molecule has 7 rings (SSSR count). The van der Waals surface area contributed by atoms with Gasteiger partial charge in [-0.05, 0) is 103 Å². The molecule has 3 aliphatic heterocycles. The van der Waals surface area contributed by atoms with E-state index in [9.17, 15) is 28.7 Å². The van der Waals surface area contributed by atoms with Gasteiger partial charge in [-0.2, -0.15) is 0 Å². The van der Waals surface area contributed by atoms with Crippen molar-refractivity contribution in [2.45, 2.75) is 83.0 Å². The summed E-state index contributed by atoms with van der Waals surface area (Å²) in [6, 6.07) is 7.00. The SMILES string of the molecule is CC(C)(C)N(C(=O)O)C1CCC(n2c(=O)c3cc(F)cnc3n(-c3cccc(C(=O)N[C@H]4CN5CCC4CC5)c3)c2=O)CC1. The van der Waals surface area contributed by atoms with Crippen molar-refractivity contribution in [3.63, 3.8) is 0 Å². The number of hydrogen-bond acceptors (Lipinski definition) is 6. The highest BCUT2D eigenvalue weighted by Gasteiger charge is 2.37. The minimum Gasteiger partial charge on any atom is -0.465 e. The Hall–Kier alpha value is -4.06. The van der Waals surface area contributed by atoms with E-state index in [1.54, 1.807) is 24.3 Å². The van der Waals surface area contributed by atoms with Gasteiger partial charge in [-0.3, -0.25) is 14.2 Å². The molecule has 2 bridgehead atoms. The van der Waals surface area contributed by atoms with Gasteiger partial charge in [0.15, 0.2) is 5.65 Å². The Balaban J connectivity index is 1.35. The summed E-state index contributed by atoms with van der Waals surface area (Å²) in [5, 5.41) is 13.0. The van der Waals surface area contributed by atoms with E-state index in [2.05, 4.69) is 15.2 Å². The highest BCUT2D eigenvalue weighted by atomic mass is 19.1. The number of nitrogens with one attached hydrogen (secondary N) is 1. The second kappa shape index (κ2) is 11.5. The molecule has 2 aromatic heterocycles. The van der Waals surface area contributed by atoms with Crippen molar-refractivity contribution in [1.82, 2.24) is 29.2 Å². The van der Waals surface area contributed by atoms with Gasteiger partial charge in [-0.1, -0.05) is 6.07 Å². The zero-order chi connectivity index (χ0) is 31.3. The number of nitrogens with zero attached hydrogens (tertiary/aromatic N) is 5. The van der Waals surface area contributed by atoms with E-state index in [-0.39, 0.29) is 29.0 Å². The quantitative estimate of drug-likeness (QED) is 0.452. The number of carboxylic acid groups (broad SMARTS) is 1. The standard InChI is InChI=1S/C32H39FN6O5/c1-32(2,3)39(31(43)44)23-9-7-22(8-10-23)38-29(41)25-16-21(33)17-34-27(25)37(30(38)42)24-6-4-5-20(15-24)28(40)35-26-18-36-13-11-19(26)12-14-36/h4-6,15-17,19,22-23,26H,7-14,18H2,1-3H3,(H,35,40)(H,43,44)/t22?,23?,26-/m0/s1. The maximum Gasteiger partial charge on any atom is 0.407 e. The molecule has 44 heavy (non-hydrogen) atoms. The maximum absolute atomic E-state index is 14.4. The number of hydrogen-bond donors (Lipinski definition) is 2. The number of amides is 2. The fourth-order valence-corrected chi connectivity index (χ4v) is 7.47. The highest BCUT2D eigenvalue weighted by Crippen LogP contribution is 2.33. The van der Waals surface area contributed by atoms with Crippen molar-refractivity contribution in [3.05, 3.63) is 68.7 Å². The first kappa shape index (κ1) is 30.0. The maximum atomic E-state index is 14.4. The summed E-state index contributed by atoms with van der Waals surface area (Å²) >= 11 is 0. The smallest absolute Gasteiger partial charge is 0.407 e. The molecular weight excluding hydrogens is 567 g/mol. The van der Waals surface area contributed by atoms with Crippen molar-refractivity contribution in [2.75, 3.05) is 19.6 Å². The summed E-state index contributed by atoms with van der Waals surface area (Å²) < 4.78 is 16.8. The Bertz CT molecular complexity index is 1710. The molecule has 11 nitrogen and oxygen atoms in total. The van der Waals surface area contributed by atoms with Gasteiger partial charge in [-0.15, -0.1) is 0 Å². The first-order valence-electron chi connectivity index (χ1n) is 15.4. The molecule has 1 aromatic carbocycles. The summed E-state index contributed by atoms with van der Waals surface area (Å²) in [4.78, 5) is 61.2. The third-order valence-electron chi connectivity index (χ3n) is 9.56. The Morgan fingerprint density at radius 2 is 1.75 bits per heavy atom. The van der Waals surface area contributed by atoms with E-state index in [1.807, 2.05) is 20.8 Å². The average molecular weight is 607 g/mol. The lowest BCUT2D eigenvalue weighted by molar-refractivity contribution is 0.0506. The third-order valence-corrected chi connectivity index (χ3v) is 9.56. The fraction of sp³-hybridized carbons (Fsp3) is 0.531. The second-order valence-electron chi connectivity index (χ2n) is 13.4. The van der Waals surface area contributed by atoms with Crippen molar-refractivity contribution in [1.29, 1.82) is 0 Å². The number of carbonyl (C=O) groups excluding carboxylic acids is 1. The number of benzene rings is 1. The van der Waals surface area contributed by atoms with E-state index < -0.39 is 34.7 Å². The van der Waals surface area contributed by atoms with Crippen LogP contribution < -0.4 is 16.6 Å². The van der Waals surface area contributed by atoms with Gasteiger partial charge >= 0.3 is 11.8 Å². The van der Waals surface area contributed by atoms with Gasteiger partial charge in [0.2, 0.25) is 0 Å². The van der Waals surface area contributed by atoms with Crippen LogP contribution in [0.3, 0.4) is 0 Å². The van der Waals surface area contributed by atoms with Crippen molar-refractivity contribution < 1.29 is 19.1 Å². The molecule has 1 saturated carbocycles. The molecule has 0 spiro atoms. The Morgan fingerprint density at radius 1 is 1.05 bits per heavy atom. The van der Waals surface area contributed by atoms with Crippen LogP contribution in [-0.2, 0) is 0 Å². The molecule has 3 saturated heterocycles. The van der Waals surface area contributed by atoms with Crippen molar-refractivity contribution in [3.8, 4) is 5.69 Å². The first-order chi connectivity index (χ1) is 20.9. The molecule has 4 fully saturated rings. The summed E-state index contributed by atoms with van der Waals surface area (Å²) in [6.45, 7) is 8.46. The van der Waals surface area contributed by atoms with Crippen LogP contribution in [0, 0.1) is 11.7 Å². The number of pyridine rings is 1. The molecule has 12 heteroatoms. The summed E-state index contributed by atoms with van der Waals surface area (Å²) in [7, 11) is 0. The van der Waals surface area contributed by atoms with E-state index in [4.69, 9.17) is 0 Å². The topological polar surface area (TPSA) is 130 Å². The minimum atomic E-state index is -1.01.